The summed E-state index contributed by atoms with van der Waals surface area (Å²) < 4.78 is 11.0. The number of rotatable bonds is 2. The van der Waals surface area contributed by atoms with Crippen LogP contribution in [-0.2, 0) is 0 Å². The fourth-order valence-electron chi connectivity index (χ4n) is 7.22. The molecular weight excluding hydrogens is 524 g/mol. The highest BCUT2D eigenvalue weighted by Crippen LogP contribution is 2.42. The van der Waals surface area contributed by atoms with Crippen LogP contribution in [0.5, 0.6) is 0 Å². The van der Waals surface area contributed by atoms with Crippen molar-refractivity contribution >= 4 is 76.3 Å². The number of aromatic nitrogens is 2. The number of furan rings is 1. The molecule has 3 nitrogen and oxygen atoms in total. The molecule has 0 spiro atoms. The topological polar surface area (TPSA) is 23.0 Å². The van der Waals surface area contributed by atoms with Gasteiger partial charge in [-0.25, -0.2) is 0 Å². The number of fused-ring (bicyclic) bond motifs is 11. The van der Waals surface area contributed by atoms with Crippen molar-refractivity contribution in [2.24, 2.45) is 0 Å². The van der Waals surface area contributed by atoms with Crippen LogP contribution < -0.4 is 0 Å². The van der Waals surface area contributed by atoms with Crippen molar-refractivity contribution in [2.45, 2.75) is 0 Å². The minimum Gasteiger partial charge on any atom is -0.456 e. The molecule has 0 aliphatic heterocycles. The number of benzene rings is 7. The fourth-order valence-corrected chi connectivity index (χ4v) is 7.22. The predicted molar refractivity (Wildman–Crippen MR) is 180 cm³/mol. The molecule has 0 fully saturated rings. The van der Waals surface area contributed by atoms with Crippen molar-refractivity contribution in [1.29, 1.82) is 0 Å². The van der Waals surface area contributed by atoms with Crippen LogP contribution in [0.25, 0.3) is 87.7 Å². The van der Waals surface area contributed by atoms with Gasteiger partial charge < -0.3 is 13.6 Å². The van der Waals surface area contributed by atoms with Crippen LogP contribution in [0.3, 0.4) is 0 Å². The van der Waals surface area contributed by atoms with Gasteiger partial charge in [0, 0.05) is 49.1 Å². The van der Waals surface area contributed by atoms with E-state index >= 15 is 0 Å². The maximum atomic E-state index is 6.18. The molecule has 10 aromatic rings. The molecule has 0 radical (unpaired) electrons. The number of para-hydroxylation sites is 3. The van der Waals surface area contributed by atoms with E-state index in [-0.39, 0.29) is 0 Å². The lowest BCUT2D eigenvalue weighted by Crippen LogP contribution is -1.96. The normalized spacial score (nSPS) is 12.2. The third-order valence-corrected chi connectivity index (χ3v) is 9.08. The molecule has 0 aliphatic rings. The van der Waals surface area contributed by atoms with E-state index in [0.717, 1.165) is 33.3 Å². The average Bonchev–Trinajstić information content (AvgIpc) is 3.71. The maximum Gasteiger partial charge on any atom is 0.135 e. The lowest BCUT2D eigenvalue weighted by molar-refractivity contribution is 0.669. The molecule has 0 N–H and O–H groups in total. The van der Waals surface area contributed by atoms with Crippen LogP contribution in [0.2, 0.25) is 0 Å². The Morgan fingerprint density at radius 2 is 1.05 bits per heavy atom. The van der Waals surface area contributed by atoms with Gasteiger partial charge >= 0.3 is 0 Å². The summed E-state index contributed by atoms with van der Waals surface area (Å²) in [5, 5.41) is 9.80. The van der Waals surface area contributed by atoms with E-state index in [9.17, 15) is 0 Å². The number of hydrogen-bond acceptors (Lipinski definition) is 1. The first kappa shape index (κ1) is 22.8. The van der Waals surface area contributed by atoms with Crippen molar-refractivity contribution in [2.75, 3.05) is 0 Å². The Kier molecular flexibility index (Phi) is 4.45. The Balaban J connectivity index is 1.38. The Morgan fingerprint density at radius 3 is 1.95 bits per heavy atom. The Bertz CT molecular complexity index is 2720. The minimum absolute atomic E-state index is 0.907. The second-order valence-corrected chi connectivity index (χ2v) is 11.4. The van der Waals surface area contributed by atoms with Gasteiger partial charge in [0.15, 0.2) is 0 Å². The maximum absolute atomic E-state index is 6.18. The molecule has 43 heavy (non-hydrogen) atoms. The minimum atomic E-state index is 0.907. The van der Waals surface area contributed by atoms with Crippen molar-refractivity contribution in [3.63, 3.8) is 0 Å². The smallest absolute Gasteiger partial charge is 0.135 e. The monoisotopic (exact) mass is 548 g/mol. The zero-order valence-electron chi connectivity index (χ0n) is 23.2. The molecule has 7 aromatic carbocycles. The summed E-state index contributed by atoms with van der Waals surface area (Å²) in [7, 11) is 0. The number of hydrogen-bond donors (Lipinski definition) is 0. The summed E-state index contributed by atoms with van der Waals surface area (Å²) in [5.74, 6) is 0. The largest absolute Gasteiger partial charge is 0.456 e. The Labute approximate surface area is 246 Å². The van der Waals surface area contributed by atoms with Crippen LogP contribution in [0, 0.1) is 0 Å². The van der Waals surface area contributed by atoms with Gasteiger partial charge in [-0.2, -0.15) is 0 Å². The second kappa shape index (κ2) is 8.37. The third kappa shape index (κ3) is 3.08. The van der Waals surface area contributed by atoms with Crippen molar-refractivity contribution < 1.29 is 4.42 Å². The van der Waals surface area contributed by atoms with Crippen molar-refractivity contribution in [3.8, 4) is 11.4 Å². The van der Waals surface area contributed by atoms with Gasteiger partial charge in [0.2, 0.25) is 0 Å². The van der Waals surface area contributed by atoms with Gasteiger partial charge in [-0.05, 0) is 60.0 Å². The van der Waals surface area contributed by atoms with E-state index in [1.165, 1.54) is 54.4 Å². The molecule has 3 aromatic heterocycles. The van der Waals surface area contributed by atoms with E-state index < -0.39 is 0 Å². The molecule has 0 bridgehead atoms. The van der Waals surface area contributed by atoms with Gasteiger partial charge in [0.05, 0.1) is 22.1 Å². The van der Waals surface area contributed by atoms with Crippen LogP contribution in [0.15, 0.2) is 150 Å². The Hall–Kier alpha value is -5.80. The summed E-state index contributed by atoms with van der Waals surface area (Å²) in [5.41, 5.74) is 8.92. The van der Waals surface area contributed by atoms with Gasteiger partial charge in [-0.1, -0.05) is 91.0 Å². The SMILES string of the molecule is c1ccc(-n2c3cc4c(cc3c3ccc5ccccc5c32)c2ccccc2n4-c2ccc3oc4ccccc4c3c2)cc1. The molecule has 0 unspecified atom stereocenters. The second-order valence-electron chi connectivity index (χ2n) is 11.4. The van der Waals surface area contributed by atoms with Crippen molar-refractivity contribution in [1.82, 2.24) is 9.13 Å². The van der Waals surface area contributed by atoms with E-state index in [4.69, 9.17) is 4.42 Å². The Morgan fingerprint density at radius 1 is 0.349 bits per heavy atom. The average molecular weight is 549 g/mol. The molecule has 0 aliphatic carbocycles. The molecule has 0 saturated carbocycles. The fraction of sp³-hybridized carbons (Fsp3) is 0. The highest BCUT2D eigenvalue weighted by molar-refractivity contribution is 6.23. The molecular formula is C40H24N2O. The molecule has 200 valence electrons. The first-order valence-electron chi connectivity index (χ1n) is 14.7. The lowest BCUT2D eigenvalue weighted by atomic mass is 10.0. The molecule has 3 heterocycles. The van der Waals surface area contributed by atoms with Gasteiger partial charge in [-0.3, -0.25) is 0 Å². The highest BCUT2D eigenvalue weighted by Gasteiger charge is 2.20. The molecule has 3 heteroatoms. The van der Waals surface area contributed by atoms with Gasteiger partial charge in [-0.15, -0.1) is 0 Å². The van der Waals surface area contributed by atoms with E-state index in [0.29, 0.717) is 0 Å². The van der Waals surface area contributed by atoms with Crippen LogP contribution in [0.1, 0.15) is 0 Å². The lowest BCUT2D eigenvalue weighted by Gasteiger charge is -2.11. The standard InChI is InChI=1S/C40H24N2O/c1-2-11-26(12-3-1)42-37-24-36-32(23-33(37)31-20-18-25-10-4-5-13-28(25)40(31)42)29-14-6-8-16-35(29)41(36)27-19-21-39-34(22-27)30-15-7-9-17-38(30)43-39/h1-24H. The van der Waals surface area contributed by atoms with E-state index in [1.807, 2.05) is 12.1 Å². The predicted octanol–water partition coefficient (Wildman–Crippen LogP) is 10.9. The third-order valence-electron chi connectivity index (χ3n) is 9.08. The summed E-state index contributed by atoms with van der Waals surface area (Å²) in [6.07, 6.45) is 0. The highest BCUT2D eigenvalue weighted by atomic mass is 16.3. The molecule has 0 atom stereocenters. The molecule has 0 amide bonds. The van der Waals surface area contributed by atoms with Crippen molar-refractivity contribution in [3.05, 3.63) is 146 Å². The summed E-state index contributed by atoms with van der Waals surface area (Å²) in [4.78, 5) is 0. The van der Waals surface area contributed by atoms with E-state index in [2.05, 4.69) is 143 Å². The van der Waals surface area contributed by atoms with E-state index in [1.54, 1.807) is 0 Å². The van der Waals surface area contributed by atoms with Crippen LogP contribution >= 0.6 is 0 Å². The van der Waals surface area contributed by atoms with Crippen LogP contribution in [-0.4, -0.2) is 9.13 Å². The first-order chi connectivity index (χ1) is 21.3. The van der Waals surface area contributed by atoms with Gasteiger partial charge in [0.1, 0.15) is 11.2 Å². The molecule has 10 rings (SSSR count). The zero-order valence-corrected chi connectivity index (χ0v) is 23.2. The summed E-state index contributed by atoms with van der Waals surface area (Å²) in [6, 6.07) is 52.4. The van der Waals surface area contributed by atoms with Crippen LogP contribution in [0.4, 0.5) is 0 Å². The molecule has 0 saturated heterocycles. The summed E-state index contributed by atoms with van der Waals surface area (Å²) >= 11 is 0. The summed E-state index contributed by atoms with van der Waals surface area (Å²) in [6.45, 7) is 0. The zero-order chi connectivity index (χ0) is 28.1. The quantitative estimate of drug-likeness (QED) is 0.211. The first-order valence-corrected chi connectivity index (χ1v) is 14.7. The van der Waals surface area contributed by atoms with Gasteiger partial charge in [0.25, 0.3) is 0 Å². The number of nitrogens with zero attached hydrogens (tertiary/aromatic N) is 2.